The summed E-state index contributed by atoms with van der Waals surface area (Å²) in [5.41, 5.74) is 0. The molecular weight excluding hydrogens is 350 g/mol. The molecule has 8 heteroatoms. The lowest BCUT2D eigenvalue weighted by Crippen LogP contribution is -2.49. The number of carboxylic acid groups (broad SMARTS) is 1. The van der Waals surface area contributed by atoms with Gasteiger partial charge in [-0.05, 0) is 38.5 Å². The van der Waals surface area contributed by atoms with Crippen molar-refractivity contribution in [2.24, 2.45) is 11.8 Å². The summed E-state index contributed by atoms with van der Waals surface area (Å²) < 4.78 is 0. The molecule has 152 valence electrons. The van der Waals surface area contributed by atoms with Gasteiger partial charge in [-0.1, -0.05) is 6.92 Å². The number of amides is 3. The van der Waals surface area contributed by atoms with Crippen LogP contribution in [-0.2, 0) is 19.2 Å². The van der Waals surface area contributed by atoms with E-state index in [1.54, 1.807) is 0 Å². The van der Waals surface area contributed by atoms with E-state index >= 15 is 0 Å². The predicted molar refractivity (Wildman–Crippen MR) is 98.7 cm³/mol. The third-order valence-electron chi connectivity index (χ3n) is 5.77. The molecule has 0 aromatic rings. The number of likely N-dealkylation sites (tertiary alicyclic amines) is 1. The molecule has 2 fully saturated rings. The SMILES string of the molecule is CC(=O)NCCN(C(=O)C1CC(=O)N(C2CCC(C)CC2)C1)C(C)C(=O)O. The Morgan fingerprint density at radius 2 is 1.89 bits per heavy atom. The van der Waals surface area contributed by atoms with Gasteiger partial charge in [0.1, 0.15) is 6.04 Å². The number of carboxylic acids is 1. The van der Waals surface area contributed by atoms with Crippen LogP contribution in [0.4, 0.5) is 0 Å². The van der Waals surface area contributed by atoms with Gasteiger partial charge in [-0.25, -0.2) is 4.79 Å². The molecule has 0 radical (unpaired) electrons. The lowest BCUT2D eigenvalue weighted by Gasteiger charge is -2.34. The van der Waals surface area contributed by atoms with Gasteiger partial charge in [0.15, 0.2) is 0 Å². The first-order valence-corrected chi connectivity index (χ1v) is 9.77. The van der Waals surface area contributed by atoms with E-state index in [2.05, 4.69) is 12.2 Å². The summed E-state index contributed by atoms with van der Waals surface area (Å²) in [7, 11) is 0. The first-order valence-electron chi connectivity index (χ1n) is 9.77. The molecule has 1 aliphatic heterocycles. The Morgan fingerprint density at radius 3 is 2.44 bits per heavy atom. The third kappa shape index (κ3) is 5.43. The van der Waals surface area contributed by atoms with Crippen LogP contribution in [0.2, 0.25) is 0 Å². The largest absolute Gasteiger partial charge is 0.480 e. The maximum Gasteiger partial charge on any atom is 0.326 e. The molecule has 2 unspecified atom stereocenters. The van der Waals surface area contributed by atoms with Gasteiger partial charge in [0, 0.05) is 39.0 Å². The Morgan fingerprint density at radius 1 is 1.26 bits per heavy atom. The fraction of sp³-hybridized carbons (Fsp3) is 0.789. The van der Waals surface area contributed by atoms with E-state index < -0.39 is 17.9 Å². The maximum atomic E-state index is 13.0. The van der Waals surface area contributed by atoms with Gasteiger partial charge in [-0.3, -0.25) is 14.4 Å². The summed E-state index contributed by atoms with van der Waals surface area (Å²) >= 11 is 0. The zero-order chi connectivity index (χ0) is 20.1. The second-order valence-electron chi connectivity index (χ2n) is 7.89. The van der Waals surface area contributed by atoms with Crippen LogP contribution >= 0.6 is 0 Å². The number of nitrogens with zero attached hydrogens (tertiary/aromatic N) is 2. The number of hydrogen-bond acceptors (Lipinski definition) is 4. The zero-order valence-electron chi connectivity index (χ0n) is 16.4. The molecule has 2 N–H and O–H groups in total. The standard InChI is InChI=1S/C19H31N3O5/c1-12-4-6-16(7-5-12)22-11-15(10-17(22)24)18(25)21(13(2)19(26)27)9-8-20-14(3)23/h12-13,15-16H,4-11H2,1-3H3,(H,20,23)(H,26,27). The van der Waals surface area contributed by atoms with Gasteiger partial charge in [0.05, 0.1) is 5.92 Å². The van der Waals surface area contributed by atoms with E-state index in [0.29, 0.717) is 12.5 Å². The topological polar surface area (TPSA) is 107 Å². The molecule has 2 atom stereocenters. The van der Waals surface area contributed by atoms with Crippen LogP contribution in [0, 0.1) is 11.8 Å². The highest BCUT2D eigenvalue weighted by molar-refractivity contribution is 5.91. The van der Waals surface area contributed by atoms with Crippen molar-refractivity contribution < 1.29 is 24.3 Å². The molecular formula is C19H31N3O5. The van der Waals surface area contributed by atoms with Gasteiger partial charge >= 0.3 is 5.97 Å². The lowest BCUT2D eigenvalue weighted by molar-refractivity contribution is -0.151. The Labute approximate surface area is 160 Å². The normalized spacial score (nSPS) is 26.6. The van der Waals surface area contributed by atoms with Crippen molar-refractivity contribution in [1.29, 1.82) is 0 Å². The Hall–Kier alpha value is -2.12. The molecule has 0 spiro atoms. The number of carbonyl (C=O) groups is 4. The third-order valence-corrected chi connectivity index (χ3v) is 5.77. The summed E-state index contributed by atoms with van der Waals surface area (Å²) in [4.78, 5) is 51.0. The molecule has 0 aromatic heterocycles. The van der Waals surface area contributed by atoms with Crippen molar-refractivity contribution in [3.8, 4) is 0 Å². The maximum absolute atomic E-state index is 13.0. The minimum Gasteiger partial charge on any atom is -0.480 e. The van der Waals surface area contributed by atoms with Gasteiger partial charge in [0.2, 0.25) is 17.7 Å². The molecule has 3 amide bonds. The zero-order valence-corrected chi connectivity index (χ0v) is 16.4. The van der Waals surface area contributed by atoms with E-state index in [9.17, 15) is 24.3 Å². The number of aliphatic carboxylic acids is 1. The lowest BCUT2D eigenvalue weighted by atomic mass is 9.86. The van der Waals surface area contributed by atoms with Crippen LogP contribution in [0.5, 0.6) is 0 Å². The molecule has 0 bridgehead atoms. The second-order valence-corrected chi connectivity index (χ2v) is 7.89. The van der Waals surface area contributed by atoms with Crippen molar-refractivity contribution >= 4 is 23.7 Å². The highest BCUT2D eigenvalue weighted by atomic mass is 16.4. The Bertz CT molecular complexity index is 586. The molecule has 8 nitrogen and oxygen atoms in total. The molecule has 1 saturated carbocycles. The van der Waals surface area contributed by atoms with Crippen molar-refractivity contribution in [3.63, 3.8) is 0 Å². The van der Waals surface area contributed by atoms with Crippen LogP contribution in [0.25, 0.3) is 0 Å². The fourth-order valence-electron chi connectivity index (χ4n) is 4.02. The van der Waals surface area contributed by atoms with Crippen LogP contribution in [-0.4, -0.2) is 70.3 Å². The molecule has 27 heavy (non-hydrogen) atoms. The highest BCUT2D eigenvalue weighted by Crippen LogP contribution is 2.32. The van der Waals surface area contributed by atoms with Gasteiger partial charge in [-0.2, -0.15) is 0 Å². The fourth-order valence-corrected chi connectivity index (χ4v) is 4.02. The first-order chi connectivity index (χ1) is 12.7. The minimum atomic E-state index is -1.10. The van der Waals surface area contributed by atoms with Crippen molar-refractivity contribution in [2.75, 3.05) is 19.6 Å². The summed E-state index contributed by atoms with van der Waals surface area (Å²) in [5.74, 6) is -1.52. The number of carbonyl (C=O) groups excluding carboxylic acids is 3. The van der Waals surface area contributed by atoms with Crippen LogP contribution in [0.15, 0.2) is 0 Å². The number of rotatable bonds is 7. The highest BCUT2D eigenvalue weighted by Gasteiger charge is 2.41. The van der Waals surface area contributed by atoms with Crippen molar-refractivity contribution in [2.45, 2.75) is 65.0 Å². The Kier molecular flexibility index (Phi) is 7.21. The van der Waals surface area contributed by atoms with Crippen LogP contribution < -0.4 is 5.32 Å². The van der Waals surface area contributed by atoms with Crippen LogP contribution in [0.1, 0.15) is 52.9 Å². The quantitative estimate of drug-likeness (QED) is 0.680. The average molecular weight is 381 g/mol. The molecule has 0 aromatic carbocycles. The van der Waals surface area contributed by atoms with Crippen molar-refractivity contribution in [3.05, 3.63) is 0 Å². The second kappa shape index (κ2) is 9.19. The van der Waals surface area contributed by atoms with E-state index in [1.165, 1.54) is 18.7 Å². The summed E-state index contributed by atoms with van der Waals surface area (Å²) in [6, 6.07) is -0.817. The first kappa shape index (κ1) is 21.2. The van der Waals surface area contributed by atoms with Gasteiger partial charge < -0.3 is 20.2 Å². The van der Waals surface area contributed by atoms with E-state index in [1.807, 2.05) is 4.90 Å². The smallest absolute Gasteiger partial charge is 0.326 e. The van der Waals surface area contributed by atoms with Gasteiger partial charge in [-0.15, -0.1) is 0 Å². The monoisotopic (exact) mass is 381 g/mol. The predicted octanol–water partition coefficient (Wildman–Crippen LogP) is 0.851. The molecule has 1 saturated heterocycles. The van der Waals surface area contributed by atoms with E-state index in [0.717, 1.165) is 25.7 Å². The van der Waals surface area contributed by atoms with E-state index in [-0.39, 0.29) is 43.3 Å². The average Bonchev–Trinajstić information content (AvgIpc) is 3.00. The molecule has 2 rings (SSSR count). The minimum absolute atomic E-state index is 0.0160. The van der Waals surface area contributed by atoms with Gasteiger partial charge in [0.25, 0.3) is 0 Å². The summed E-state index contributed by atoms with van der Waals surface area (Å²) in [6.07, 6.45) is 4.24. The van der Waals surface area contributed by atoms with E-state index in [4.69, 9.17) is 0 Å². The number of hydrogen-bond donors (Lipinski definition) is 2. The van der Waals surface area contributed by atoms with Crippen LogP contribution in [0.3, 0.4) is 0 Å². The molecule has 1 heterocycles. The Balaban J connectivity index is 2.02. The number of nitrogens with one attached hydrogen (secondary N) is 1. The molecule has 2 aliphatic rings. The van der Waals surface area contributed by atoms with Crippen molar-refractivity contribution in [1.82, 2.24) is 15.1 Å². The molecule has 1 aliphatic carbocycles. The summed E-state index contributed by atoms with van der Waals surface area (Å²) in [6.45, 7) is 5.69. The summed E-state index contributed by atoms with van der Waals surface area (Å²) in [5, 5.41) is 11.9.